The summed E-state index contributed by atoms with van der Waals surface area (Å²) >= 11 is 0. The van der Waals surface area contributed by atoms with E-state index in [2.05, 4.69) is 15.3 Å². The average Bonchev–Trinajstić information content (AvgIpc) is 2.40. The Morgan fingerprint density at radius 3 is 2.50 bits per heavy atom. The number of carbonyl (C=O) groups excluding carboxylic acids is 2. The number of azide groups is 1. The molecule has 9 nitrogen and oxygen atoms in total. The van der Waals surface area contributed by atoms with Gasteiger partial charge in [0.15, 0.2) is 5.60 Å². The van der Waals surface area contributed by atoms with Crippen molar-refractivity contribution in [3.63, 3.8) is 0 Å². The second-order valence-electron chi connectivity index (χ2n) is 5.07. The molecular weight excluding hydrogens is 266 g/mol. The Kier molecular flexibility index (Phi) is 6.98. The van der Waals surface area contributed by atoms with Crippen molar-refractivity contribution in [3.05, 3.63) is 10.4 Å². The third-order valence-electron chi connectivity index (χ3n) is 3.23. The smallest absolute Gasteiger partial charge is 0.250 e. The van der Waals surface area contributed by atoms with E-state index in [-0.39, 0.29) is 25.9 Å². The van der Waals surface area contributed by atoms with Crippen LogP contribution in [-0.4, -0.2) is 47.3 Å². The molecule has 0 saturated heterocycles. The van der Waals surface area contributed by atoms with Gasteiger partial charge in [-0.2, -0.15) is 0 Å². The summed E-state index contributed by atoms with van der Waals surface area (Å²) in [4.78, 5) is 25.5. The van der Waals surface area contributed by atoms with Gasteiger partial charge in [-0.1, -0.05) is 19.0 Å². The molecule has 5 N–H and O–H groups in total. The van der Waals surface area contributed by atoms with Gasteiger partial charge in [0.05, 0.1) is 6.61 Å². The van der Waals surface area contributed by atoms with Crippen LogP contribution in [0.5, 0.6) is 0 Å². The molecule has 0 spiro atoms. The molecule has 0 fully saturated rings. The summed E-state index contributed by atoms with van der Waals surface area (Å²) in [7, 11) is 0. The maximum absolute atomic E-state index is 11.5. The highest BCUT2D eigenvalue weighted by molar-refractivity contribution is 5.85. The lowest BCUT2D eigenvalue weighted by Gasteiger charge is -2.38. The van der Waals surface area contributed by atoms with Crippen LogP contribution in [0.15, 0.2) is 5.11 Å². The van der Waals surface area contributed by atoms with Gasteiger partial charge < -0.3 is 21.3 Å². The first-order valence-electron chi connectivity index (χ1n) is 6.12. The summed E-state index contributed by atoms with van der Waals surface area (Å²) in [6.07, 6.45) is -0.345. The van der Waals surface area contributed by atoms with Gasteiger partial charge in [-0.3, -0.25) is 9.59 Å². The zero-order valence-corrected chi connectivity index (χ0v) is 11.7. The van der Waals surface area contributed by atoms with Gasteiger partial charge in [0.2, 0.25) is 11.8 Å². The maximum Gasteiger partial charge on any atom is 0.250 e. The number of carbonyl (C=O) groups is 2. The molecule has 20 heavy (non-hydrogen) atoms. The molecule has 114 valence electrons. The molecule has 0 heterocycles. The Labute approximate surface area is 116 Å². The molecule has 0 rings (SSSR count). The summed E-state index contributed by atoms with van der Waals surface area (Å²) in [5.41, 5.74) is 10.1. The van der Waals surface area contributed by atoms with Crippen LogP contribution in [0.25, 0.3) is 10.4 Å². The molecule has 9 heteroatoms. The van der Waals surface area contributed by atoms with Crippen LogP contribution < -0.4 is 11.1 Å². The Morgan fingerprint density at radius 1 is 1.45 bits per heavy atom. The lowest BCUT2D eigenvalue weighted by Crippen LogP contribution is -2.56. The fourth-order valence-corrected chi connectivity index (χ4v) is 1.60. The molecule has 0 unspecified atom stereocenters. The van der Waals surface area contributed by atoms with E-state index in [4.69, 9.17) is 11.3 Å². The van der Waals surface area contributed by atoms with Crippen molar-refractivity contribution in [2.24, 2.45) is 16.3 Å². The van der Waals surface area contributed by atoms with Crippen LogP contribution in [0.1, 0.15) is 26.7 Å². The van der Waals surface area contributed by atoms with E-state index < -0.39 is 29.4 Å². The Balaban J connectivity index is 4.53. The molecule has 0 aliphatic carbocycles. The minimum absolute atomic E-state index is 0.116. The largest absolute Gasteiger partial charge is 0.396 e. The Hall–Kier alpha value is -1.83. The second-order valence-corrected chi connectivity index (χ2v) is 5.07. The number of aliphatic hydroxyl groups is 2. The highest BCUT2D eigenvalue weighted by Gasteiger charge is 2.48. The van der Waals surface area contributed by atoms with Gasteiger partial charge in [-0.25, -0.2) is 0 Å². The lowest BCUT2D eigenvalue weighted by atomic mass is 9.72. The van der Waals surface area contributed by atoms with E-state index in [0.717, 1.165) is 0 Å². The van der Waals surface area contributed by atoms with Gasteiger partial charge in [-0.05, 0) is 12.0 Å². The van der Waals surface area contributed by atoms with Crippen LogP contribution in [0.2, 0.25) is 0 Å². The van der Waals surface area contributed by atoms with Crippen molar-refractivity contribution in [2.45, 2.75) is 32.3 Å². The highest BCUT2D eigenvalue weighted by atomic mass is 16.3. The van der Waals surface area contributed by atoms with E-state index in [1.54, 1.807) is 0 Å². The molecule has 0 bridgehead atoms. The van der Waals surface area contributed by atoms with Crippen molar-refractivity contribution in [3.8, 4) is 0 Å². The standard InChI is InChI=1S/C11H21N5O4/c1-10(2,7-17)11(20,9(12)19)4-3-8(18)14-5-6-15-16-13/h17,20H,3-7H2,1-2H3,(H2,12,19)(H,14,18)/t11-/m0/s1. The van der Waals surface area contributed by atoms with Crippen molar-refractivity contribution in [1.82, 2.24) is 5.32 Å². The molecule has 1 atom stereocenters. The van der Waals surface area contributed by atoms with E-state index >= 15 is 0 Å². The van der Waals surface area contributed by atoms with Crippen LogP contribution in [-0.2, 0) is 9.59 Å². The van der Waals surface area contributed by atoms with Crippen LogP contribution >= 0.6 is 0 Å². The van der Waals surface area contributed by atoms with Crippen LogP contribution in [0, 0.1) is 5.41 Å². The van der Waals surface area contributed by atoms with E-state index in [9.17, 15) is 19.8 Å². The third-order valence-corrected chi connectivity index (χ3v) is 3.23. The Bertz CT molecular complexity index is 406. The number of nitrogens with two attached hydrogens (primary N) is 1. The minimum Gasteiger partial charge on any atom is -0.396 e. The van der Waals surface area contributed by atoms with Crippen molar-refractivity contribution >= 4 is 11.8 Å². The molecule has 0 aliphatic rings. The van der Waals surface area contributed by atoms with Crippen LogP contribution in [0.4, 0.5) is 0 Å². The molecular formula is C11H21N5O4. The van der Waals surface area contributed by atoms with Crippen LogP contribution in [0.3, 0.4) is 0 Å². The van der Waals surface area contributed by atoms with Gasteiger partial charge in [-0.15, -0.1) is 0 Å². The monoisotopic (exact) mass is 287 g/mol. The normalized spacial score (nSPS) is 14.0. The highest BCUT2D eigenvalue weighted by Crippen LogP contribution is 2.34. The van der Waals surface area contributed by atoms with Crippen molar-refractivity contribution < 1.29 is 19.8 Å². The molecule has 0 aromatic heterocycles. The predicted octanol–water partition coefficient (Wildman–Crippen LogP) is -0.572. The number of nitrogens with zero attached hydrogens (tertiary/aromatic N) is 3. The SMILES string of the molecule is CC(C)(CO)[C@](O)(CCC(=O)NCCN=[N+]=[N-])C(N)=O. The molecule has 0 saturated carbocycles. The van der Waals surface area contributed by atoms with E-state index in [1.807, 2.05) is 0 Å². The molecule has 0 aromatic rings. The number of hydrogen-bond acceptors (Lipinski definition) is 5. The minimum atomic E-state index is -1.98. The summed E-state index contributed by atoms with van der Waals surface area (Å²) in [5.74, 6) is -1.40. The first-order chi connectivity index (χ1) is 9.21. The number of aliphatic hydroxyl groups excluding tert-OH is 1. The van der Waals surface area contributed by atoms with Crippen molar-refractivity contribution in [2.75, 3.05) is 19.7 Å². The Morgan fingerprint density at radius 2 is 2.05 bits per heavy atom. The third kappa shape index (κ3) is 4.69. The van der Waals surface area contributed by atoms with Crippen molar-refractivity contribution in [1.29, 1.82) is 0 Å². The topological polar surface area (TPSA) is 161 Å². The molecule has 0 aliphatic heterocycles. The molecule has 0 radical (unpaired) electrons. The van der Waals surface area contributed by atoms with E-state index in [1.165, 1.54) is 13.8 Å². The lowest BCUT2D eigenvalue weighted by molar-refractivity contribution is -0.156. The maximum atomic E-state index is 11.5. The fourth-order valence-electron chi connectivity index (χ4n) is 1.60. The zero-order valence-electron chi connectivity index (χ0n) is 11.7. The molecule has 0 aromatic carbocycles. The number of rotatable bonds is 9. The predicted molar refractivity (Wildman–Crippen MR) is 71.3 cm³/mol. The fraction of sp³-hybridized carbons (Fsp3) is 0.818. The number of primary amides is 1. The summed E-state index contributed by atoms with van der Waals surface area (Å²) in [5, 5.41) is 25.2. The first kappa shape index (κ1) is 18.2. The quantitative estimate of drug-likeness (QED) is 0.193. The van der Waals surface area contributed by atoms with E-state index in [0.29, 0.717) is 0 Å². The number of amides is 2. The second kappa shape index (κ2) is 7.68. The van der Waals surface area contributed by atoms with Gasteiger partial charge in [0.1, 0.15) is 0 Å². The van der Waals surface area contributed by atoms with Gasteiger partial charge >= 0.3 is 0 Å². The number of nitrogens with one attached hydrogen (secondary N) is 1. The molecule has 2 amide bonds. The number of hydrogen-bond donors (Lipinski definition) is 4. The average molecular weight is 287 g/mol. The van der Waals surface area contributed by atoms with Gasteiger partial charge in [0.25, 0.3) is 0 Å². The summed E-state index contributed by atoms with van der Waals surface area (Å²) < 4.78 is 0. The van der Waals surface area contributed by atoms with Gasteiger partial charge in [0, 0.05) is 29.8 Å². The zero-order chi connectivity index (χ0) is 15.8. The summed E-state index contributed by atoms with van der Waals surface area (Å²) in [6, 6.07) is 0. The summed E-state index contributed by atoms with van der Waals surface area (Å²) in [6.45, 7) is 2.80. The first-order valence-corrected chi connectivity index (χ1v) is 6.12.